The van der Waals surface area contributed by atoms with Crippen LogP contribution in [-0.2, 0) is 22.4 Å². The molecule has 1 unspecified atom stereocenters. The Bertz CT molecular complexity index is 582. The van der Waals surface area contributed by atoms with Crippen molar-refractivity contribution in [3.8, 4) is 0 Å². The van der Waals surface area contributed by atoms with E-state index >= 15 is 0 Å². The lowest BCUT2D eigenvalue weighted by Gasteiger charge is -2.14. The van der Waals surface area contributed by atoms with Gasteiger partial charge in [-0.1, -0.05) is 35.4 Å². The molecule has 20 heavy (non-hydrogen) atoms. The zero-order valence-corrected chi connectivity index (χ0v) is 10.6. The van der Waals surface area contributed by atoms with E-state index in [-0.39, 0.29) is 12.2 Å². The lowest BCUT2D eigenvalue weighted by atomic mass is 10.0. The van der Waals surface area contributed by atoms with Crippen LogP contribution in [0.25, 0.3) is 0 Å². The summed E-state index contributed by atoms with van der Waals surface area (Å²) >= 11 is 0. The zero-order chi connectivity index (χ0) is 14.4. The fraction of sp³-hybridized carbons (Fsp3) is 0.231. The van der Waals surface area contributed by atoms with Gasteiger partial charge in [-0.2, -0.15) is 0 Å². The van der Waals surface area contributed by atoms with Gasteiger partial charge in [-0.15, -0.1) is 5.10 Å². The molecule has 0 saturated heterocycles. The van der Waals surface area contributed by atoms with Gasteiger partial charge >= 0.3 is 5.82 Å². The smallest absolute Gasteiger partial charge is 0.345 e. The molecule has 0 fully saturated rings. The molecule has 1 N–H and O–H groups in total. The van der Waals surface area contributed by atoms with Gasteiger partial charge in [0.2, 0.25) is 0 Å². The largest absolute Gasteiger partial charge is 0.464 e. The van der Waals surface area contributed by atoms with Crippen molar-refractivity contribution in [2.75, 3.05) is 0 Å². The predicted molar refractivity (Wildman–Crippen MR) is 70.0 cm³/mol. The van der Waals surface area contributed by atoms with Gasteiger partial charge in [0.1, 0.15) is 6.10 Å². The second-order valence-corrected chi connectivity index (χ2v) is 4.25. The second-order valence-electron chi connectivity index (χ2n) is 4.25. The summed E-state index contributed by atoms with van der Waals surface area (Å²) in [5.41, 5.74) is 1.41. The first kappa shape index (κ1) is 13.7. The van der Waals surface area contributed by atoms with Gasteiger partial charge in [-0.25, -0.2) is 0 Å². The summed E-state index contributed by atoms with van der Waals surface area (Å²) in [4.78, 5) is 20.8. The highest BCUT2D eigenvalue weighted by atomic mass is 16.6. The number of nitro groups is 1. The molecule has 0 aliphatic carbocycles. The molecule has 0 bridgehead atoms. The number of hydrogen-bond acceptors (Lipinski definition) is 5. The highest BCUT2D eigenvalue weighted by Gasteiger charge is 2.20. The van der Waals surface area contributed by atoms with Gasteiger partial charge < -0.3 is 14.9 Å². The Hall–Kier alpha value is -2.70. The zero-order valence-electron chi connectivity index (χ0n) is 10.6. The first-order valence-corrected chi connectivity index (χ1v) is 6.00. The molecule has 1 aromatic carbocycles. The van der Waals surface area contributed by atoms with Crippen molar-refractivity contribution in [2.24, 2.45) is 0 Å². The van der Waals surface area contributed by atoms with E-state index in [1.807, 2.05) is 30.3 Å². The number of carbonyl (C=O) groups excluding carboxylic acids is 1. The van der Waals surface area contributed by atoms with Crippen LogP contribution in [0.2, 0.25) is 0 Å². The second kappa shape index (κ2) is 6.46. The van der Waals surface area contributed by atoms with Gasteiger partial charge in [0.15, 0.2) is 0 Å². The number of aromatic nitrogens is 2. The lowest BCUT2D eigenvalue weighted by Crippen LogP contribution is -2.19. The van der Waals surface area contributed by atoms with Crippen LogP contribution in [0, 0.1) is 10.1 Å². The highest BCUT2D eigenvalue weighted by Crippen LogP contribution is 2.18. The average molecular weight is 275 g/mol. The van der Waals surface area contributed by atoms with E-state index in [2.05, 4.69) is 10.2 Å². The SMILES string of the molecule is O=COC(Cc1ccccc1)Cc1cn[nH]c1[N+](=O)[O-]. The van der Waals surface area contributed by atoms with Crippen LogP contribution >= 0.6 is 0 Å². The van der Waals surface area contributed by atoms with Gasteiger partial charge in [-0.3, -0.25) is 4.79 Å². The van der Waals surface area contributed by atoms with Crippen molar-refractivity contribution in [3.63, 3.8) is 0 Å². The summed E-state index contributed by atoms with van der Waals surface area (Å²) in [6.07, 6.45) is 1.64. The number of nitrogens with zero attached hydrogens (tertiary/aromatic N) is 2. The van der Waals surface area contributed by atoms with Crippen LogP contribution in [0.1, 0.15) is 11.1 Å². The first-order chi connectivity index (χ1) is 9.70. The highest BCUT2D eigenvalue weighted by molar-refractivity contribution is 5.38. The molecule has 0 amide bonds. The summed E-state index contributed by atoms with van der Waals surface area (Å²) in [5, 5.41) is 16.8. The fourth-order valence-electron chi connectivity index (χ4n) is 1.98. The van der Waals surface area contributed by atoms with Gasteiger partial charge in [-0.05, 0) is 10.5 Å². The molecule has 0 aliphatic rings. The van der Waals surface area contributed by atoms with E-state index in [0.29, 0.717) is 18.5 Å². The maximum Gasteiger partial charge on any atom is 0.345 e. The molecule has 2 aromatic rings. The molecule has 7 heteroatoms. The molecular formula is C13H13N3O4. The van der Waals surface area contributed by atoms with Crippen molar-refractivity contribution in [2.45, 2.75) is 18.9 Å². The van der Waals surface area contributed by atoms with Crippen molar-refractivity contribution in [1.82, 2.24) is 10.2 Å². The monoisotopic (exact) mass is 275 g/mol. The Morgan fingerprint density at radius 1 is 1.35 bits per heavy atom. The number of aromatic amines is 1. The Kier molecular flexibility index (Phi) is 4.43. The molecule has 1 aromatic heterocycles. The van der Waals surface area contributed by atoms with Crippen molar-refractivity contribution < 1.29 is 14.5 Å². The number of rotatable bonds is 7. The minimum absolute atomic E-state index is 0.169. The van der Waals surface area contributed by atoms with E-state index in [9.17, 15) is 14.9 Å². The topological polar surface area (TPSA) is 98.1 Å². The molecule has 0 aliphatic heterocycles. The number of carbonyl (C=O) groups is 1. The number of ether oxygens (including phenoxy) is 1. The minimum Gasteiger partial charge on any atom is -0.464 e. The number of hydrogen-bond donors (Lipinski definition) is 1. The molecule has 0 saturated carbocycles. The third-order valence-electron chi connectivity index (χ3n) is 2.88. The van der Waals surface area contributed by atoms with Crippen LogP contribution in [0.5, 0.6) is 0 Å². The van der Waals surface area contributed by atoms with Crippen LogP contribution in [0.3, 0.4) is 0 Å². The Morgan fingerprint density at radius 2 is 2.10 bits per heavy atom. The van der Waals surface area contributed by atoms with E-state index in [1.165, 1.54) is 6.20 Å². The molecular weight excluding hydrogens is 262 g/mol. The molecule has 104 valence electrons. The summed E-state index contributed by atoms with van der Waals surface area (Å²) in [7, 11) is 0. The summed E-state index contributed by atoms with van der Waals surface area (Å²) in [6.45, 7) is 0.361. The molecule has 0 radical (unpaired) electrons. The number of benzene rings is 1. The van der Waals surface area contributed by atoms with E-state index < -0.39 is 11.0 Å². The van der Waals surface area contributed by atoms with E-state index in [0.717, 1.165) is 5.56 Å². The Labute approximate surface area is 114 Å². The number of nitrogens with one attached hydrogen (secondary N) is 1. The standard InChI is InChI=1S/C13H13N3O4/c17-9-20-12(6-10-4-2-1-3-5-10)7-11-8-14-15-13(11)16(18)19/h1-5,8-9,12H,6-7H2,(H,14,15). The predicted octanol–water partition coefficient (Wildman–Crippen LogP) is 1.64. The quantitative estimate of drug-likeness (QED) is 0.470. The van der Waals surface area contributed by atoms with E-state index in [1.54, 1.807) is 0 Å². The minimum atomic E-state index is -0.539. The van der Waals surface area contributed by atoms with Crippen LogP contribution in [0.4, 0.5) is 5.82 Å². The number of H-pyrrole nitrogens is 1. The van der Waals surface area contributed by atoms with Gasteiger partial charge in [0, 0.05) is 12.8 Å². The van der Waals surface area contributed by atoms with Crippen molar-refractivity contribution in [1.29, 1.82) is 0 Å². The Balaban J connectivity index is 2.11. The molecule has 7 nitrogen and oxygen atoms in total. The maximum absolute atomic E-state index is 10.8. The lowest BCUT2D eigenvalue weighted by molar-refractivity contribution is -0.390. The van der Waals surface area contributed by atoms with Gasteiger partial charge in [0.05, 0.1) is 11.8 Å². The summed E-state index contributed by atoms with van der Waals surface area (Å²) < 4.78 is 5.01. The molecule has 2 rings (SSSR count). The summed E-state index contributed by atoms with van der Waals surface area (Å²) in [6, 6.07) is 9.47. The third-order valence-corrected chi connectivity index (χ3v) is 2.88. The average Bonchev–Trinajstić information content (AvgIpc) is 2.88. The van der Waals surface area contributed by atoms with Crippen LogP contribution < -0.4 is 0 Å². The molecule has 1 heterocycles. The third kappa shape index (κ3) is 3.41. The van der Waals surface area contributed by atoms with Crippen LogP contribution in [-0.4, -0.2) is 27.7 Å². The van der Waals surface area contributed by atoms with E-state index in [4.69, 9.17) is 4.74 Å². The normalized spacial score (nSPS) is 11.8. The molecule has 0 spiro atoms. The van der Waals surface area contributed by atoms with Crippen molar-refractivity contribution in [3.05, 3.63) is 57.8 Å². The van der Waals surface area contributed by atoms with Gasteiger partial charge in [0.25, 0.3) is 6.47 Å². The van der Waals surface area contributed by atoms with Crippen LogP contribution in [0.15, 0.2) is 36.5 Å². The summed E-state index contributed by atoms with van der Waals surface area (Å²) in [5.74, 6) is -0.169. The molecule has 1 atom stereocenters. The van der Waals surface area contributed by atoms with Crippen molar-refractivity contribution >= 4 is 12.3 Å². The Morgan fingerprint density at radius 3 is 2.75 bits per heavy atom. The first-order valence-electron chi connectivity index (χ1n) is 6.00. The fourth-order valence-corrected chi connectivity index (χ4v) is 1.98. The maximum atomic E-state index is 10.8.